The molecule has 0 aliphatic carbocycles. The molecule has 3 nitrogen and oxygen atoms in total. The number of aryl methyl sites for hydroxylation is 1. The van der Waals surface area contributed by atoms with Gasteiger partial charge in [0, 0.05) is 17.2 Å². The molecule has 2 aromatic carbocycles. The number of rotatable bonds is 6. The van der Waals surface area contributed by atoms with Crippen LogP contribution in [0.3, 0.4) is 0 Å². The average molecular weight is 393 g/mol. The molecule has 0 aliphatic heterocycles. The number of anilines is 1. The highest BCUT2D eigenvalue weighted by Crippen LogP contribution is 2.16. The van der Waals surface area contributed by atoms with Crippen molar-refractivity contribution in [2.24, 2.45) is 0 Å². The minimum atomic E-state index is 0.578. The van der Waals surface area contributed by atoms with Crippen LogP contribution in [-0.4, -0.2) is 30.2 Å². The molecule has 0 aliphatic rings. The van der Waals surface area contributed by atoms with Gasteiger partial charge in [-0.05, 0) is 60.6 Å². The number of nitrogens with one attached hydrogen (secondary N) is 1. The Morgan fingerprint density at radius 2 is 1.78 bits per heavy atom. The molecular weight excluding hydrogens is 372 g/mol. The van der Waals surface area contributed by atoms with Crippen LogP contribution in [-0.2, 0) is 6.42 Å². The summed E-state index contributed by atoms with van der Waals surface area (Å²) in [7, 11) is 1.96. The van der Waals surface area contributed by atoms with E-state index < -0.39 is 0 Å². The molecule has 0 heterocycles. The molecule has 0 saturated carbocycles. The number of hydrogen-bond donors (Lipinski definition) is 1. The zero-order valence-electron chi connectivity index (χ0n) is 13.4. The van der Waals surface area contributed by atoms with E-state index in [-0.39, 0.29) is 0 Å². The first kappa shape index (κ1) is 17.8. The molecule has 1 N–H and O–H groups in total. The van der Waals surface area contributed by atoms with Crippen molar-refractivity contribution in [1.29, 1.82) is 0 Å². The lowest BCUT2D eigenvalue weighted by atomic mass is 10.1. The fraction of sp³-hybridized carbons (Fsp3) is 0.278. The molecule has 0 atom stereocenters. The number of likely N-dealkylation sites (N-methyl/N-ethyl adjacent to an activating group) is 1. The molecule has 0 amide bonds. The highest BCUT2D eigenvalue weighted by atomic mass is 79.9. The maximum absolute atomic E-state index is 5.71. The lowest BCUT2D eigenvalue weighted by molar-refractivity contribution is 0.285. The average Bonchev–Trinajstić information content (AvgIpc) is 2.57. The summed E-state index contributed by atoms with van der Waals surface area (Å²) in [6.07, 6.45) is 1.04. The maximum atomic E-state index is 5.71. The van der Waals surface area contributed by atoms with Crippen LogP contribution in [0.2, 0.25) is 0 Å². The number of hydrogen-bond acceptors (Lipinski definition) is 2. The highest BCUT2D eigenvalue weighted by Gasteiger charge is 2.05. The third-order valence-electron chi connectivity index (χ3n) is 3.47. The molecule has 0 saturated heterocycles. The molecule has 0 bridgehead atoms. The molecule has 2 rings (SSSR count). The largest absolute Gasteiger partial charge is 0.492 e. The number of benzene rings is 2. The van der Waals surface area contributed by atoms with Gasteiger partial charge in [-0.3, -0.25) is 0 Å². The van der Waals surface area contributed by atoms with E-state index in [1.165, 1.54) is 5.56 Å². The van der Waals surface area contributed by atoms with Gasteiger partial charge in [0.25, 0.3) is 0 Å². The number of halogens is 1. The van der Waals surface area contributed by atoms with Crippen molar-refractivity contribution >= 4 is 38.9 Å². The van der Waals surface area contributed by atoms with Crippen molar-refractivity contribution in [3.05, 3.63) is 58.6 Å². The lowest BCUT2D eigenvalue weighted by Crippen LogP contribution is -2.34. The molecule has 2 aromatic rings. The van der Waals surface area contributed by atoms with Crippen LogP contribution in [0.4, 0.5) is 5.69 Å². The Labute approximate surface area is 151 Å². The van der Waals surface area contributed by atoms with Crippen LogP contribution >= 0.6 is 28.1 Å². The van der Waals surface area contributed by atoms with Gasteiger partial charge in [-0.2, -0.15) is 0 Å². The summed E-state index contributed by atoms with van der Waals surface area (Å²) in [5, 5.41) is 3.93. The Morgan fingerprint density at radius 1 is 1.13 bits per heavy atom. The topological polar surface area (TPSA) is 24.5 Å². The van der Waals surface area contributed by atoms with Crippen LogP contribution < -0.4 is 10.1 Å². The number of ether oxygens (including phenoxy) is 1. The molecule has 23 heavy (non-hydrogen) atoms. The smallest absolute Gasteiger partial charge is 0.173 e. The highest BCUT2D eigenvalue weighted by molar-refractivity contribution is 9.10. The summed E-state index contributed by atoms with van der Waals surface area (Å²) < 4.78 is 6.76. The molecule has 5 heteroatoms. The van der Waals surface area contributed by atoms with E-state index in [1.54, 1.807) is 0 Å². The predicted octanol–water partition coefficient (Wildman–Crippen LogP) is 4.72. The third kappa shape index (κ3) is 5.84. The summed E-state index contributed by atoms with van der Waals surface area (Å²) in [6.45, 7) is 3.44. The van der Waals surface area contributed by atoms with Gasteiger partial charge in [-0.15, -0.1) is 0 Å². The van der Waals surface area contributed by atoms with Gasteiger partial charge in [-0.1, -0.05) is 35.0 Å². The molecule has 0 unspecified atom stereocenters. The Hall–Kier alpha value is -1.59. The third-order valence-corrected chi connectivity index (χ3v) is 4.41. The van der Waals surface area contributed by atoms with Crippen molar-refractivity contribution in [3.8, 4) is 5.75 Å². The molecule has 122 valence electrons. The van der Waals surface area contributed by atoms with Gasteiger partial charge < -0.3 is 15.0 Å². The van der Waals surface area contributed by atoms with Crippen LogP contribution in [0.25, 0.3) is 0 Å². The lowest BCUT2D eigenvalue weighted by Gasteiger charge is -2.21. The second kappa shape index (κ2) is 8.89. The van der Waals surface area contributed by atoms with Crippen LogP contribution in [0.1, 0.15) is 12.5 Å². The fourth-order valence-electron chi connectivity index (χ4n) is 1.98. The zero-order valence-corrected chi connectivity index (χ0v) is 15.8. The van der Waals surface area contributed by atoms with Gasteiger partial charge in [-0.25, -0.2) is 0 Å². The monoisotopic (exact) mass is 392 g/mol. The fourth-order valence-corrected chi connectivity index (χ4v) is 2.45. The van der Waals surface area contributed by atoms with Gasteiger partial charge in [0.1, 0.15) is 12.4 Å². The summed E-state index contributed by atoms with van der Waals surface area (Å²) in [6, 6.07) is 16.1. The second-order valence-electron chi connectivity index (χ2n) is 5.20. The van der Waals surface area contributed by atoms with Crippen molar-refractivity contribution in [2.75, 3.05) is 25.5 Å². The first-order chi connectivity index (χ1) is 11.1. The zero-order chi connectivity index (χ0) is 16.7. The van der Waals surface area contributed by atoms with Crippen molar-refractivity contribution in [1.82, 2.24) is 4.90 Å². The Balaban J connectivity index is 1.76. The quantitative estimate of drug-likeness (QED) is 0.718. The van der Waals surface area contributed by atoms with Crippen LogP contribution in [0.5, 0.6) is 5.75 Å². The standard InChI is InChI=1S/C18H21BrN2OS/c1-3-14-4-8-16(9-5-14)20-18(23)21(2)12-13-22-17-10-6-15(19)7-11-17/h4-11H,3,12-13H2,1-2H3,(H,20,23). The normalized spacial score (nSPS) is 10.2. The maximum Gasteiger partial charge on any atom is 0.173 e. The van der Waals surface area contributed by atoms with Gasteiger partial charge in [0.2, 0.25) is 0 Å². The summed E-state index contributed by atoms with van der Waals surface area (Å²) >= 11 is 8.83. The first-order valence-corrected chi connectivity index (χ1v) is 8.78. The first-order valence-electron chi connectivity index (χ1n) is 7.58. The Kier molecular flexibility index (Phi) is 6.86. The second-order valence-corrected chi connectivity index (χ2v) is 6.51. The number of thiocarbonyl (C=S) groups is 1. The van der Waals surface area contributed by atoms with Gasteiger partial charge >= 0.3 is 0 Å². The predicted molar refractivity (Wildman–Crippen MR) is 104 cm³/mol. The van der Waals surface area contributed by atoms with Crippen LogP contribution in [0.15, 0.2) is 53.0 Å². The van der Waals surface area contributed by atoms with Crippen molar-refractivity contribution < 1.29 is 4.74 Å². The molecule has 0 aromatic heterocycles. The van der Waals surface area contributed by atoms with Gasteiger partial charge in [0.05, 0.1) is 6.54 Å². The van der Waals surface area contributed by atoms with Crippen molar-refractivity contribution in [3.63, 3.8) is 0 Å². The molecule has 0 fully saturated rings. The summed E-state index contributed by atoms with van der Waals surface area (Å²) in [4.78, 5) is 1.97. The van der Waals surface area contributed by atoms with E-state index in [0.29, 0.717) is 11.7 Å². The number of nitrogens with zero attached hydrogens (tertiary/aromatic N) is 1. The van der Waals surface area contributed by atoms with Crippen molar-refractivity contribution in [2.45, 2.75) is 13.3 Å². The summed E-state index contributed by atoms with van der Waals surface area (Å²) in [5.74, 6) is 0.857. The van der Waals surface area contributed by atoms with Gasteiger partial charge in [0.15, 0.2) is 5.11 Å². The van der Waals surface area contributed by atoms with E-state index >= 15 is 0 Å². The molecule has 0 radical (unpaired) electrons. The van der Waals surface area contributed by atoms with E-state index in [2.05, 4.69) is 52.4 Å². The Bertz CT molecular complexity index is 628. The van der Waals surface area contributed by atoms with E-state index in [4.69, 9.17) is 17.0 Å². The van der Waals surface area contributed by atoms with Crippen LogP contribution in [0, 0.1) is 0 Å². The molecular formula is C18H21BrN2OS. The molecule has 0 spiro atoms. The van der Waals surface area contributed by atoms with E-state index in [9.17, 15) is 0 Å². The Morgan fingerprint density at radius 3 is 2.39 bits per heavy atom. The van der Waals surface area contributed by atoms with E-state index in [1.807, 2.05) is 36.2 Å². The SMILES string of the molecule is CCc1ccc(NC(=S)N(C)CCOc2ccc(Br)cc2)cc1. The minimum absolute atomic E-state index is 0.578. The van der Waals surface area contributed by atoms with E-state index in [0.717, 1.165) is 28.9 Å². The minimum Gasteiger partial charge on any atom is -0.492 e. The summed E-state index contributed by atoms with van der Waals surface area (Å²) in [5.41, 5.74) is 2.32.